The molecule has 1 unspecified atom stereocenters. The third kappa shape index (κ3) is 2.32. The van der Waals surface area contributed by atoms with Gasteiger partial charge < -0.3 is 15.5 Å². The lowest BCUT2D eigenvalue weighted by molar-refractivity contribution is 0.0697. The molecule has 108 valence electrons. The van der Waals surface area contributed by atoms with Crippen molar-refractivity contribution in [2.45, 2.75) is 26.3 Å². The lowest BCUT2D eigenvalue weighted by Crippen LogP contribution is -2.24. The van der Waals surface area contributed by atoms with Gasteiger partial charge in [-0.05, 0) is 13.3 Å². The summed E-state index contributed by atoms with van der Waals surface area (Å²) in [4.78, 5) is 15.5. The minimum Gasteiger partial charge on any atom is -0.478 e. The van der Waals surface area contributed by atoms with Crippen LogP contribution in [0.5, 0.6) is 0 Å². The fourth-order valence-corrected chi connectivity index (χ4v) is 2.20. The molecule has 2 heterocycles. The Kier molecular flexibility index (Phi) is 3.89. The average Bonchev–Trinajstić information content (AvgIpc) is 2.71. The van der Waals surface area contributed by atoms with Gasteiger partial charge in [-0.2, -0.15) is 5.10 Å². The summed E-state index contributed by atoms with van der Waals surface area (Å²) in [6, 6.07) is -0.210. The first-order chi connectivity index (χ1) is 9.49. The van der Waals surface area contributed by atoms with Gasteiger partial charge in [0, 0.05) is 19.3 Å². The van der Waals surface area contributed by atoms with Crippen LogP contribution in [0.1, 0.15) is 29.4 Å². The van der Waals surface area contributed by atoms with E-state index in [1.165, 1.54) is 6.20 Å². The Bertz CT molecular complexity index is 647. The van der Waals surface area contributed by atoms with Crippen molar-refractivity contribution >= 4 is 22.7 Å². The molecule has 0 aliphatic rings. The second-order valence-electron chi connectivity index (χ2n) is 4.69. The Morgan fingerprint density at radius 3 is 2.80 bits per heavy atom. The third-order valence-corrected chi connectivity index (χ3v) is 3.32. The number of carbonyl (C=O) groups is 1. The second kappa shape index (κ2) is 5.46. The van der Waals surface area contributed by atoms with Gasteiger partial charge in [-0.25, -0.2) is 9.78 Å². The topological polar surface area (TPSA) is 100 Å². The molecule has 0 amide bonds. The quantitative estimate of drug-likeness (QED) is 0.758. The number of carboxylic acids is 1. The molecule has 7 heteroatoms. The van der Waals surface area contributed by atoms with Crippen LogP contribution in [0, 0.1) is 6.92 Å². The molecule has 0 aliphatic heterocycles. The van der Waals surface area contributed by atoms with E-state index in [9.17, 15) is 15.0 Å². The molecule has 0 saturated carbocycles. The van der Waals surface area contributed by atoms with Crippen molar-refractivity contribution in [1.29, 1.82) is 0 Å². The maximum absolute atomic E-state index is 11.4. The number of aromatic nitrogens is 3. The number of pyridine rings is 1. The molecule has 2 rings (SSSR count). The van der Waals surface area contributed by atoms with Gasteiger partial charge >= 0.3 is 5.97 Å². The maximum atomic E-state index is 11.4. The number of aromatic carboxylic acids is 1. The van der Waals surface area contributed by atoms with Crippen LogP contribution in [0.3, 0.4) is 0 Å². The summed E-state index contributed by atoms with van der Waals surface area (Å²) in [5, 5.41) is 26.7. The monoisotopic (exact) mass is 278 g/mol. The Balaban J connectivity index is 2.68. The number of anilines is 1. The standard InChI is InChI=1S/C13H18N4O3/c1-4-8(6-18)15-11-9(13(19)20)5-14-12-10(11)7(2)16-17(12)3/h5,8,18H,4,6H2,1-3H3,(H,14,15)(H,19,20). The molecule has 3 N–H and O–H groups in total. The van der Waals surface area contributed by atoms with Crippen LogP contribution >= 0.6 is 0 Å². The number of rotatable bonds is 5. The first-order valence-electron chi connectivity index (χ1n) is 6.42. The van der Waals surface area contributed by atoms with Crippen molar-refractivity contribution in [2.24, 2.45) is 7.05 Å². The molecule has 1 atom stereocenters. The fraction of sp³-hybridized carbons (Fsp3) is 0.462. The summed E-state index contributed by atoms with van der Waals surface area (Å²) in [5.74, 6) is -1.06. The van der Waals surface area contributed by atoms with Gasteiger partial charge in [0.25, 0.3) is 0 Å². The smallest absolute Gasteiger partial charge is 0.339 e. The van der Waals surface area contributed by atoms with Gasteiger partial charge in [-0.1, -0.05) is 6.92 Å². The Morgan fingerprint density at radius 1 is 1.55 bits per heavy atom. The van der Waals surface area contributed by atoms with E-state index in [4.69, 9.17) is 0 Å². The van der Waals surface area contributed by atoms with Crippen LogP contribution in [0.25, 0.3) is 11.0 Å². The first kappa shape index (κ1) is 14.3. The zero-order valence-electron chi connectivity index (χ0n) is 11.7. The van der Waals surface area contributed by atoms with Crippen molar-refractivity contribution in [1.82, 2.24) is 14.8 Å². The van der Waals surface area contributed by atoms with Crippen molar-refractivity contribution in [3.05, 3.63) is 17.5 Å². The van der Waals surface area contributed by atoms with E-state index in [0.29, 0.717) is 28.8 Å². The van der Waals surface area contributed by atoms with E-state index < -0.39 is 5.97 Å². The molecule has 7 nitrogen and oxygen atoms in total. The third-order valence-electron chi connectivity index (χ3n) is 3.32. The van der Waals surface area contributed by atoms with Crippen molar-refractivity contribution < 1.29 is 15.0 Å². The number of hydrogen-bond acceptors (Lipinski definition) is 5. The Hall–Kier alpha value is -2.15. The minimum absolute atomic E-state index is 0.0707. The molecular weight excluding hydrogens is 260 g/mol. The highest BCUT2D eigenvalue weighted by Gasteiger charge is 2.20. The van der Waals surface area contributed by atoms with Crippen molar-refractivity contribution in [2.75, 3.05) is 11.9 Å². The second-order valence-corrected chi connectivity index (χ2v) is 4.69. The lowest BCUT2D eigenvalue weighted by atomic mass is 10.1. The van der Waals surface area contributed by atoms with Gasteiger partial charge in [0.2, 0.25) is 0 Å². The van der Waals surface area contributed by atoms with E-state index in [1.807, 2.05) is 6.92 Å². The molecule has 20 heavy (non-hydrogen) atoms. The predicted molar refractivity (Wildman–Crippen MR) is 75.0 cm³/mol. The van der Waals surface area contributed by atoms with E-state index in [-0.39, 0.29) is 18.2 Å². The van der Waals surface area contributed by atoms with E-state index >= 15 is 0 Å². The van der Waals surface area contributed by atoms with Crippen molar-refractivity contribution in [3.63, 3.8) is 0 Å². The number of nitrogens with one attached hydrogen (secondary N) is 1. The van der Waals surface area contributed by atoms with Gasteiger partial charge in [0.1, 0.15) is 5.56 Å². The highest BCUT2D eigenvalue weighted by Crippen LogP contribution is 2.29. The molecule has 0 aliphatic carbocycles. The van der Waals surface area contributed by atoms with E-state index in [2.05, 4.69) is 15.4 Å². The van der Waals surface area contributed by atoms with Crippen LogP contribution in [-0.4, -0.2) is 43.6 Å². The number of aryl methyl sites for hydroxylation is 2. The molecule has 2 aromatic heterocycles. The largest absolute Gasteiger partial charge is 0.478 e. The summed E-state index contributed by atoms with van der Waals surface area (Å²) >= 11 is 0. The fourth-order valence-electron chi connectivity index (χ4n) is 2.20. The highest BCUT2D eigenvalue weighted by atomic mass is 16.4. The van der Waals surface area contributed by atoms with E-state index in [0.717, 1.165) is 0 Å². The summed E-state index contributed by atoms with van der Waals surface area (Å²) in [5.41, 5.74) is 1.87. The van der Waals surface area contributed by atoms with Crippen LogP contribution < -0.4 is 5.32 Å². The summed E-state index contributed by atoms with van der Waals surface area (Å²) < 4.78 is 1.61. The molecule has 2 aromatic rings. The zero-order valence-corrected chi connectivity index (χ0v) is 11.7. The molecule has 0 bridgehead atoms. The Morgan fingerprint density at radius 2 is 2.25 bits per heavy atom. The summed E-state index contributed by atoms with van der Waals surface area (Å²) in [7, 11) is 1.76. The normalized spacial score (nSPS) is 12.6. The molecular formula is C13H18N4O3. The molecule has 0 spiro atoms. The molecule has 0 radical (unpaired) electrons. The van der Waals surface area contributed by atoms with Crippen molar-refractivity contribution in [3.8, 4) is 0 Å². The zero-order chi connectivity index (χ0) is 14.9. The van der Waals surface area contributed by atoms with Gasteiger partial charge in [0.05, 0.1) is 23.4 Å². The van der Waals surface area contributed by atoms with Crippen LogP contribution in [-0.2, 0) is 7.05 Å². The van der Waals surface area contributed by atoms with Crippen LogP contribution in [0.15, 0.2) is 6.20 Å². The van der Waals surface area contributed by atoms with Gasteiger partial charge in [0.15, 0.2) is 5.65 Å². The molecule has 0 fully saturated rings. The van der Waals surface area contributed by atoms with Crippen LogP contribution in [0.2, 0.25) is 0 Å². The van der Waals surface area contributed by atoms with Gasteiger partial charge in [-0.3, -0.25) is 4.68 Å². The number of fused-ring (bicyclic) bond motifs is 1. The number of carboxylic acid groups (broad SMARTS) is 1. The lowest BCUT2D eigenvalue weighted by Gasteiger charge is -2.18. The predicted octanol–water partition coefficient (Wildman–Crippen LogP) is 1.16. The summed E-state index contributed by atoms with van der Waals surface area (Å²) in [6.45, 7) is 3.65. The highest BCUT2D eigenvalue weighted by molar-refractivity contribution is 6.04. The number of aliphatic hydroxyl groups excluding tert-OH is 1. The molecule has 0 saturated heterocycles. The maximum Gasteiger partial charge on any atom is 0.339 e. The first-order valence-corrected chi connectivity index (χ1v) is 6.42. The Labute approximate surface area is 116 Å². The SMILES string of the molecule is CCC(CO)Nc1c(C(=O)O)cnc2c1c(C)nn2C. The number of aliphatic hydroxyl groups is 1. The minimum atomic E-state index is -1.06. The molecule has 0 aromatic carbocycles. The van der Waals surface area contributed by atoms with Crippen LogP contribution in [0.4, 0.5) is 5.69 Å². The number of nitrogens with zero attached hydrogens (tertiary/aromatic N) is 3. The van der Waals surface area contributed by atoms with Gasteiger partial charge in [-0.15, -0.1) is 0 Å². The average molecular weight is 278 g/mol. The number of hydrogen-bond donors (Lipinski definition) is 3. The van der Waals surface area contributed by atoms with E-state index in [1.54, 1.807) is 18.7 Å². The summed E-state index contributed by atoms with van der Waals surface area (Å²) in [6.07, 6.45) is 2.00.